The van der Waals surface area contributed by atoms with Gasteiger partial charge in [0.1, 0.15) is 17.7 Å². The molecule has 0 heterocycles. The topological polar surface area (TPSA) is 35.5 Å². The summed E-state index contributed by atoms with van der Waals surface area (Å²) in [6.07, 6.45) is 9.01. The van der Waals surface area contributed by atoms with Crippen LogP contribution in [0.4, 0.5) is 9.18 Å². The maximum absolute atomic E-state index is 14.4. The fourth-order valence-corrected chi connectivity index (χ4v) is 4.23. The van der Waals surface area contributed by atoms with Crippen molar-refractivity contribution in [3.05, 3.63) is 53.8 Å². The fraction of sp³-hybridized carbons (Fsp3) is 0.500. The molecule has 30 heavy (non-hydrogen) atoms. The molecule has 1 saturated carbocycles. The first-order valence-electron chi connectivity index (χ1n) is 11.4. The van der Waals surface area contributed by atoms with E-state index >= 15 is 0 Å². The molecule has 1 aliphatic rings. The molecule has 0 saturated heterocycles. The van der Waals surface area contributed by atoms with Gasteiger partial charge in [0, 0.05) is 5.56 Å². The number of aryl methyl sites for hydroxylation is 1. The van der Waals surface area contributed by atoms with Gasteiger partial charge in [-0.05, 0) is 67.3 Å². The molecule has 0 atom stereocenters. The molecule has 0 unspecified atom stereocenters. The van der Waals surface area contributed by atoms with Crippen molar-refractivity contribution in [2.24, 2.45) is 5.92 Å². The van der Waals surface area contributed by atoms with Crippen molar-refractivity contribution < 1.29 is 18.7 Å². The first-order chi connectivity index (χ1) is 14.6. The number of benzene rings is 2. The number of rotatable bonds is 8. The molecule has 0 aromatic heterocycles. The molecule has 0 aliphatic heterocycles. The highest BCUT2D eigenvalue weighted by atomic mass is 19.1. The third-order valence-corrected chi connectivity index (χ3v) is 5.96. The van der Waals surface area contributed by atoms with Crippen LogP contribution in [-0.2, 0) is 11.2 Å². The SMILES string of the molecule is CCCCC1CCC(OC(=O)Oc2ccc(-c3ccc(CCC)cc3F)cc2)CC1. The summed E-state index contributed by atoms with van der Waals surface area (Å²) in [4.78, 5) is 12.1. The van der Waals surface area contributed by atoms with Gasteiger partial charge in [0.2, 0.25) is 0 Å². The lowest BCUT2D eigenvalue weighted by atomic mass is 9.84. The molecule has 3 nitrogen and oxygen atoms in total. The number of halogens is 1. The summed E-state index contributed by atoms with van der Waals surface area (Å²) in [5, 5.41) is 0. The van der Waals surface area contributed by atoms with E-state index in [-0.39, 0.29) is 11.9 Å². The van der Waals surface area contributed by atoms with E-state index in [4.69, 9.17) is 9.47 Å². The summed E-state index contributed by atoms with van der Waals surface area (Å²) < 4.78 is 25.2. The zero-order valence-electron chi connectivity index (χ0n) is 18.2. The number of hydrogen-bond acceptors (Lipinski definition) is 3. The molecule has 2 aromatic carbocycles. The first kappa shape index (κ1) is 22.3. The standard InChI is InChI=1S/C26H33FO3/c1-3-5-7-19-8-13-22(14-9-19)29-26(28)30-23-15-11-21(12-16-23)24-17-10-20(6-4-2)18-25(24)27/h10-12,15-19,22H,3-9,13-14H2,1-2H3. The molecular weight excluding hydrogens is 379 g/mol. The van der Waals surface area contributed by atoms with E-state index in [1.165, 1.54) is 19.3 Å². The van der Waals surface area contributed by atoms with Crippen LogP contribution in [0.3, 0.4) is 0 Å². The van der Waals surface area contributed by atoms with Crippen LogP contribution in [-0.4, -0.2) is 12.3 Å². The first-order valence-corrected chi connectivity index (χ1v) is 11.4. The lowest BCUT2D eigenvalue weighted by molar-refractivity contribution is 0.0329. The Balaban J connectivity index is 1.50. The number of unbranched alkanes of at least 4 members (excludes halogenated alkanes) is 1. The Morgan fingerprint density at radius 1 is 1.00 bits per heavy atom. The normalized spacial score (nSPS) is 18.8. The highest BCUT2D eigenvalue weighted by molar-refractivity contribution is 5.67. The zero-order valence-corrected chi connectivity index (χ0v) is 18.2. The van der Waals surface area contributed by atoms with Crippen molar-refractivity contribution in [1.29, 1.82) is 0 Å². The third kappa shape index (κ3) is 6.32. The van der Waals surface area contributed by atoms with E-state index in [0.717, 1.165) is 55.6 Å². The van der Waals surface area contributed by atoms with Crippen LogP contribution >= 0.6 is 0 Å². The van der Waals surface area contributed by atoms with E-state index in [1.807, 2.05) is 6.07 Å². The number of hydrogen-bond donors (Lipinski definition) is 0. The van der Waals surface area contributed by atoms with Crippen molar-refractivity contribution in [2.45, 2.75) is 77.7 Å². The third-order valence-electron chi connectivity index (χ3n) is 5.96. The van der Waals surface area contributed by atoms with Crippen LogP contribution < -0.4 is 4.74 Å². The summed E-state index contributed by atoms with van der Waals surface area (Å²) in [5.41, 5.74) is 2.30. The largest absolute Gasteiger partial charge is 0.514 e. The Bertz CT molecular complexity index is 808. The summed E-state index contributed by atoms with van der Waals surface area (Å²) in [7, 11) is 0. The van der Waals surface area contributed by atoms with Crippen molar-refractivity contribution >= 4 is 6.16 Å². The van der Waals surface area contributed by atoms with E-state index in [9.17, 15) is 9.18 Å². The maximum Gasteiger partial charge on any atom is 0.514 e. The van der Waals surface area contributed by atoms with Crippen LogP contribution in [0.1, 0.15) is 70.8 Å². The molecule has 4 heteroatoms. The summed E-state index contributed by atoms with van der Waals surface area (Å²) in [5.74, 6) is 0.941. The highest BCUT2D eigenvalue weighted by Gasteiger charge is 2.24. The van der Waals surface area contributed by atoms with E-state index in [0.29, 0.717) is 11.3 Å². The van der Waals surface area contributed by atoms with E-state index in [1.54, 1.807) is 36.4 Å². The predicted molar refractivity (Wildman–Crippen MR) is 118 cm³/mol. The van der Waals surface area contributed by atoms with Gasteiger partial charge in [-0.15, -0.1) is 0 Å². The van der Waals surface area contributed by atoms with Crippen molar-refractivity contribution in [1.82, 2.24) is 0 Å². The Morgan fingerprint density at radius 2 is 1.73 bits per heavy atom. The lowest BCUT2D eigenvalue weighted by Gasteiger charge is -2.27. The van der Waals surface area contributed by atoms with Gasteiger partial charge in [-0.2, -0.15) is 0 Å². The predicted octanol–water partition coefficient (Wildman–Crippen LogP) is 7.71. The van der Waals surface area contributed by atoms with Gasteiger partial charge in [0.25, 0.3) is 0 Å². The Kier molecular flexibility index (Phi) is 8.30. The van der Waals surface area contributed by atoms with Crippen LogP contribution in [0.25, 0.3) is 11.1 Å². The molecule has 0 spiro atoms. The highest BCUT2D eigenvalue weighted by Crippen LogP contribution is 2.30. The Morgan fingerprint density at radius 3 is 2.37 bits per heavy atom. The molecule has 162 valence electrons. The van der Waals surface area contributed by atoms with Gasteiger partial charge in [-0.3, -0.25) is 0 Å². The molecule has 0 radical (unpaired) electrons. The van der Waals surface area contributed by atoms with Gasteiger partial charge in [-0.1, -0.05) is 63.8 Å². The summed E-state index contributed by atoms with van der Waals surface area (Å²) >= 11 is 0. The minimum absolute atomic E-state index is 0.0506. The molecule has 1 aliphatic carbocycles. The van der Waals surface area contributed by atoms with Gasteiger partial charge in [-0.25, -0.2) is 9.18 Å². The quantitative estimate of drug-likeness (QED) is 0.329. The van der Waals surface area contributed by atoms with Crippen LogP contribution in [0.2, 0.25) is 0 Å². The molecule has 0 bridgehead atoms. The second-order valence-corrected chi connectivity index (χ2v) is 8.34. The van der Waals surface area contributed by atoms with Crippen LogP contribution in [0.5, 0.6) is 5.75 Å². The Labute approximate surface area is 179 Å². The van der Waals surface area contributed by atoms with Crippen LogP contribution in [0, 0.1) is 11.7 Å². The smallest absolute Gasteiger partial charge is 0.431 e. The summed E-state index contributed by atoms with van der Waals surface area (Å²) in [6.45, 7) is 4.30. The van der Waals surface area contributed by atoms with Gasteiger partial charge in [0.05, 0.1) is 0 Å². The molecule has 0 amide bonds. The van der Waals surface area contributed by atoms with Crippen LogP contribution in [0.15, 0.2) is 42.5 Å². The molecular formula is C26H33FO3. The van der Waals surface area contributed by atoms with Crippen molar-refractivity contribution in [3.63, 3.8) is 0 Å². The monoisotopic (exact) mass is 412 g/mol. The maximum atomic E-state index is 14.4. The number of carbonyl (C=O) groups is 1. The van der Waals surface area contributed by atoms with Crippen molar-refractivity contribution in [3.8, 4) is 16.9 Å². The number of carbonyl (C=O) groups excluding carboxylic acids is 1. The second kappa shape index (κ2) is 11.1. The Hall–Kier alpha value is -2.36. The number of ether oxygens (including phenoxy) is 2. The molecule has 2 aromatic rings. The van der Waals surface area contributed by atoms with Gasteiger partial charge < -0.3 is 9.47 Å². The minimum Gasteiger partial charge on any atom is -0.431 e. The average molecular weight is 413 g/mol. The minimum atomic E-state index is -0.658. The summed E-state index contributed by atoms with van der Waals surface area (Å²) in [6, 6.07) is 12.2. The van der Waals surface area contributed by atoms with Gasteiger partial charge in [0.15, 0.2) is 0 Å². The molecule has 0 N–H and O–H groups in total. The van der Waals surface area contributed by atoms with E-state index in [2.05, 4.69) is 13.8 Å². The molecule has 1 fully saturated rings. The second-order valence-electron chi connectivity index (χ2n) is 8.34. The molecule has 3 rings (SSSR count). The fourth-order valence-electron chi connectivity index (χ4n) is 4.23. The van der Waals surface area contributed by atoms with Gasteiger partial charge >= 0.3 is 6.16 Å². The van der Waals surface area contributed by atoms with E-state index < -0.39 is 6.16 Å². The lowest BCUT2D eigenvalue weighted by Crippen LogP contribution is -2.26. The zero-order chi connectivity index (χ0) is 21.3. The average Bonchev–Trinajstić information content (AvgIpc) is 2.74. The van der Waals surface area contributed by atoms with Crippen molar-refractivity contribution in [2.75, 3.05) is 0 Å².